The van der Waals surface area contributed by atoms with Crippen molar-refractivity contribution in [2.75, 3.05) is 20.8 Å². The van der Waals surface area contributed by atoms with E-state index in [4.69, 9.17) is 0 Å². The zero-order valence-corrected chi connectivity index (χ0v) is 5.66. The maximum absolute atomic E-state index is 10.1. The Bertz CT molecular complexity index is 64.3. The predicted octanol–water partition coefficient (Wildman–Crippen LogP) is 0.228. The molecule has 50 valence electrons. The van der Waals surface area contributed by atoms with Gasteiger partial charge in [-0.05, 0) is 0 Å². The molecule has 0 rings (SSSR count). The molecule has 3 nitrogen and oxygen atoms in total. The second-order valence-corrected chi connectivity index (χ2v) is 1.01. The lowest BCUT2D eigenvalue weighted by molar-refractivity contribution is -0.144. The van der Waals surface area contributed by atoms with Crippen LogP contribution in [0.1, 0.15) is 0 Å². The average Bonchev–Trinajstić information content (AvgIpc) is 1.68. The highest BCUT2D eigenvalue weighted by Crippen LogP contribution is 1.70. The molecule has 0 spiro atoms. The van der Waals surface area contributed by atoms with Crippen LogP contribution in [0.5, 0.6) is 0 Å². The lowest BCUT2D eigenvalue weighted by Crippen LogP contribution is -2.07. The van der Waals surface area contributed by atoms with E-state index in [0.717, 1.165) is 0 Å². The van der Waals surface area contributed by atoms with Crippen molar-refractivity contribution in [1.29, 1.82) is 0 Å². The Hall–Kier alpha value is -0.280. The third-order valence-corrected chi connectivity index (χ3v) is 0.490. The first kappa shape index (κ1) is 10.7. The molecule has 0 amide bonds. The second kappa shape index (κ2) is 6.72. The molecule has 0 bridgehead atoms. The van der Waals surface area contributed by atoms with Crippen LogP contribution >= 0.6 is 12.4 Å². The standard InChI is InChI=1S/C4H8O3.ClH/c1-6-3-4(5)7-2;/h3H2,1-2H3;1H. The highest BCUT2D eigenvalue weighted by molar-refractivity contribution is 5.85. The smallest absolute Gasteiger partial charge is 0.331 e. The van der Waals surface area contributed by atoms with Gasteiger partial charge in [0.05, 0.1) is 7.11 Å². The number of ether oxygens (including phenoxy) is 2. The summed E-state index contributed by atoms with van der Waals surface area (Å²) in [5, 5.41) is 0. The Morgan fingerprint density at radius 2 is 2.00 bits per heavy atom. The highest BCUT2D eigenvalue weighted by Gasteiger charge is 1.93. The van der Waals surface area contributed by atoms with Gasteiger partial charge in [0.15, 0.2) is 0 Å². The van der Waals surface area contributed by atoms with E-state index in [2.05, 4.69) is 9.47 Å². The lowest BCUT2D eigenvalue weighted by Gasteiger charge is -1.92. The van der Waals surface area contributed by atoms with Gasteiger partial charge in [0.25, 0.3) is 0 Å². The zero-order chi connectivity index (χ0) is 5.70. The third-order valence-electron chi connectivity index (χ3n) is 0.490. The maximum atomic E-state index is 10.1. The van der Waals surface area contributed by atoms with Crippen LogP contribution < -0.4 is 0 Å². The monoisotopic (exact) mass is 140 g/mol. The second-order valence-electron chi connectivity index (χ2n) is 1.01. The summed E-state index contributed by atoms with van der Waals surface area (Å²) in [5.74, 6) is -0.345. The molecule has 0 aliphatic heterocycles. The van der Waals surface area contributed by atoms with Crippen molar-refractivity contribution in [1.82, 2.24) is 0 Å². The molecule has 4 heteroatoms. The van der Waals surface area contributed by atoms with Crippen molar-refractivity contribution in [3.05, 3.63) is 0 Å². The summed E-state index contributed by atoms with van der Waals surface area (Å²) in [5.41, 5.74) is 0. The van der Waals surface area contributed by atoms with Crippen molar-refractivity contribution in [3.63, 3.8) is 0 Å². The van der Waals surface area contributed by atoms with E-state index in [-0.39, 0.29) is 25.0 Å². The van der Waals surface area contributed by atoms with Crippen LogP contribution in [0.3, 0.4) is 0 Å². The Balaban J connectivity index is 0. The van der Waals surface area contributed by atoms with E-state index in [1.54, 1.807) is 0 Å². The quantitative estimate of drug-likeness (QED) is 0.515. The van der Waals surface area contributed by atoms with Crippen molar-refractivity contribution in [2.45, 2.75) is 0 Å². The van der Waals surface area contributed by atoms with Gasteiger partial charge in [-0.1, -0.05) is 0 Å². The normalized spacial score (nSPS) is 7.25. The predicted molar refractivity (Wildman–Crippen MR) is 31.1 cm³/mol. The van der Waals surface area contributed by atoms with E-state index < -0.39 is 0 Å². The van der Waals surface area contributed by atoms with Gasteiger partial charge in [0.1, 0.15) is 6.61 Å². The van der Waals surface area contributed by atoms with Crippen molar-refractivity contribution in [3.8, 4) is 0 Å². The molecule has 0 saturated heterocycles. The fraction of sp³-hybridized carbons (Fsp3) is 0.750. The number of hydrogen-bond acceptors (Lipinski definition) is 3. The molecule has 0 fully saturated rings. The number of halogens is 1. The summed E-state index contributed by atoms with van der Waals surface area (Å²) >= 11 is 0. The molecule has 0 aliphatic carbocycles. The molecular weight excluding hydrogens is 131 g/mol. The first-order chi connectivity index (χ1) is 3.31. The third kappa shape index (κ3) is 5.72. The molecule has 0 radical (unpaired) electrons. The van der Waals surface area contributed by atoms with Crippen LogP contribution in [-0.2, 0) is 14.3 Å². The van der Waals surface area contributed by atoms with E-state index in [9.17, 15) is 4.79 Å². The van der Waals surface area contributed by atoms with Crippen LogP contribution in [0, 0.1) is 0 Å². The van der Waals surface area contributed by atoms with Crippen molar-refractivity contribution < 1.29 is 14.3 Å². The van der Waals surface area contributed by atoms with E-state index in [1.165, 1.54) is 14.2 Å². The van der Waals surface area contributed by atoms with Gasteiger partial charge in [-0.25, -0.2) is 4.79 Å². The van der Waals surface area contributed by atoms with Crippen LogP contribution in [0.2, 0.25) is 0 Å². The molecule has 0 N–H and O–H groups in total. The van der Waals surface area contributed by atoms with E-state index >= 15 is 0 Å². The van der Waals surface area contributed by atoms with Gasteiger partial charge in [-0.15, -0.1) is 12.4 Å². The van der Waals surface area contributed by atoms with Crippen LogP contribution in [0.15, 0.2) is 0 Å². The number of esters is 1. The number of carbonyl (C=O) groups is 1. The van der Waals surface area contributed by atoms with Gasteiger partial charge in [-0.2, -0.15) is 0 Å². The topological polar surface area (TPSA) is 35.5 Å². The summed E-state index contributed by atoms with van der Waals surface area (Å²) < 4.78 is 8.65. The summed E-state index contributed by atoms with van der Waals surface area (Å²) in [7, 11) is 2.76. The molecule has 0 aromatic rings. The zero-order valence-electron chi connectivity index (χ0n) is 4.84. The average molecular weight is 141 g/mol. The molecule has 8 heavy (non-hydrogen) atoms. The summed E-state index contributed by atoms with van der Waals surface area (Å²) in [6, 6.07) is 0. The van der Waals surface area contributed by atoms with Gasteiger partial charge >= 0.3 is 5.97 Å². The highest BCUT2D eigenvalue weighted by atomic mass is 35.5. The first-order valence-corrected chi connectivity index (χ1v) is 1.87. The number of carbonyl (C=O) groups excluding carboxylic acids is 1. The first-order valence-electron chi connectivity index (χ1n) is 1.87. The minimum atomic E-state index is -0.345. The number of methoxy groups -OCH3 is 2. The van der Waals surface area contributed by atoms with E-state index in [1.807, 2.05) is 0 Å². The Morgan fingerprint density at radius 1 is 1.50 bits per heavy atom. The van der Waals surface area contributed by atoms with Gasteiger partial charge in [0, 0.05) is 7.11 Å². The molecule has 0 aromatic heterocycles. The fourth-order valence-electron chi connectivity index (χ4n) is 0.177. The van der Waals surface area contributed by atoms with Gasteiger partial charge in [-0.3, -0.25) is 0 Å². The molecular formula is C4H9ClO3. The van der Waals surface area contributed by atoms with Crippen LogP contribution in [0.4, 0.5) is 0 Å². The van der Waals surface area contributed by atoms with Gasteiger partial charge < -0.3 is 9.47 Å². The Kier molecular flexibility index (Phi) is 8.95. The Morgan fingerprint density at radius 3 is 2.12 bits per heavy atom. The fourth-order valence-corrected chi connectivity index (χ4v) is 0.177. The van der Waals surface area contributed by atoms with E-state index in [0.29, 0.717) is 0 Å². The minimum Gasteiger partial charge on any atom is -0.467 e. The molecule has 0 aliphatic rings. The minimum absolute atomic E-state index is 0. The summed E-state index contributed by atoms with van der Waals surface area (Å²) in [6.07, 6.45) is 0. The van der Waals surface area contributed by atoms with Crippen LogP contribution in [-0.4, -0.2) is 26.8 Å². The number of rotatable bonds is 2. The summed E-state index contributed by atoms with van der Waals surface area (Å²) in [6.45, 7) is 0.0382. The molecule has 0 aromatic carbocycles. The largest absolute Gasteiger partial charge is 0.467 e. The molecule has 0 unspecified atom stereocenters. The van der Waals surface area contributed by atoms with Gasteiger partial charge in [0.2, 0.25) is 0 Å². The lowest BCUT2D eigenvalue weighted by atomic mass is 10.7. The summed E-state index contributed by atoms with van der Waals surface area (Å²) in [4.78, 5) is 10.1. The molecule has 0 saturated carbocycles. The molecule has 0 atom stereocenters. The number of hydrogen-bond donors (Lipinski definition) is 0. The maximum Gasteiger partial charge on any atom is 0.331 e. The van der Waals surface area contributed by atoms with Crippen molar-refractivity contribution in [2.24, 2.45) is 0 Å². The molecule has 0 heterocycles. The SMILES string of the molecule is COCC(=O)OC.Cl. The van der Waals surface area contributed by atoms with Crippen molar-refractivity contribution >= 4 is 18.4 Å². The Labute approximate surface area is 54.4 Å². The van der Waals surface area contributed by atoms with Crippen LogP contribution in [0.25, 0.3) is 0 Å².